The smallest absolute Gasteiger partial charge is 0.340 e. The maximum Gasteiger partial charge on any atom is 0.416 e. The van der Waals surface area contributed by atoms with Crippen molar-refractivity contribution in [3.63, 3.8) is 0 Å². The summed E-state index contributed by atoms with van der Waals surface area (Å²) in [4.78, 5) is 8.41. The van der Waals surface area contributed by atoms with E-state index >= 15 is 0 Å². The summed E-state index contributed by atoms with van der Waals surface area (Å²) in [5.74, 6) is 0.513. The lowest BCUT2D eigenvalue weighted by Gasteiger charge is -2.14. The highest BCUT2D eigenvalue weighted by Gasteiger charge is 2.30. The summed E-state index contributed by atoms with van der Waals surface area (Å²) >= 11 is 9.52. The Kier molecular flexibility index (Phi) is 5.44. The summed E-state index contributed by atoms with van der Waals surface area (Å²) in [5.41, 5.74) is 2.29. The Morgan fingerprint density at radius 1 is 1.00 bits per heavy atom. The zero-order chi connectivity index (χ0) is 19.8. The van der Waals surface area contributed by atoms with Gasteiger partial charge >= 0.3 is 6.18 Å². The summed E-state index contributed by atoms with van der Waals surface area (Å²) in [6.45, 7) is 3.88. The van der Waals surface area contributed by atoms with Crippen LogP contribution in [0.5, 0.6) is 0 Å². The first-order valence-corrected chi connectivity index (χ1v) is 9.06. The lowest BCUT2D eigenvalue weighted by Crippen LogP contribution is -2.05. The number of rotatable bonds is 3. The number of aryl methyl sites for hydroxylation is 2. The number of alkyl halides is 3. The molecule has 0 radical (unpaired) electrons. The monoisotopic (exact) mass is 455 g/mol. The molecule has 0 saturated carbocycles. The average Bonchev–Trinajstić information content (AvgIpc) is 2.57. The summed E-state index contributed by atoms with van der Waals surface area (Å²) in [6, 6.07) is 10.3. The third-order valence-electron chi connectivity index (χ3n) is 3.89. The largest absolute Gasteiger partial charge is 0.416 e. The molecule has 1 N–H and O–H groups in total. The Hall–Kier alpha value is -2.12. The molecule has 0 spiro atoms. The van der Waals surface area contributed by atoms with Crippen LogP contribution < -0.4 is 5.32 Å². The highest BCUT2D eigenvalue weighted by atomic mass is 79.9. The van der Waals surface area contributed by atoms with E-state index in [1.165, 1.54) is 18.2 Å². The number of hydrogen-bond donors (Lipinski definition) is 1. The molecular formula is C19H14BrClF3N3. The maximum atomic E-state index is 13.0. The van der Waals surface area contributed by atoms with Crippen LogP contribution in [0.25, 0.3) is 11.4 Å². The lowest BCUT2D eigenvalue weighted by atomic mass is 10.1. The molecule has 0 aliphatic heterocycles. The molecule has 1 aromatic heterocycles. The standard InChI is InChI=1S/C19H14BrClF3N3/c1-10-6-14(20)7-11(2)17(10)26-16-9-15(21)25-18(27-16)12-4-3-5-13(8-12)19(22,23)24/h3-9H,1-2H3,(H,25,26,27). The number of aromatic nitrogens is 2. The second kappa shape index (κ2) is 7.48. The van der Waals surface area contributed by atoms with Gasteiger partial charge < -0.3 is 5.32 Å². The molecule has 0 saturated heterocycles. The van der Waals surface area contributed by atoms with Gasteiger partial charge in [-0.15, -0.1) is 0 Å². The SMILES string of the molecule is Cc1cc(Br)cc(C)c1Nc1cc(Cl)nc(-c2cccc(C(F)(F)F)c2)n1. The molecule has 3 aromatic rings. The van der Waals surface area contributed by atoms with Crippen LogP contribution in [0.15, 0.2) is 46.9 Å². The Morgan fingerprint density at radius 3 is 2.30 bits per heavy atom. The third kappa shape index (κ3) is 4.59. The minimum Gasteiger partial charge on any atom is -0.340 e. The molecule has 3 nitrogen and oxygen atoms in total. The van der Waals surface area contributed by atoms with Crippen molar-refractivity contribution in [3.8, 4) is 11.4 Å². The van der Waals surface area contributed by atoms with Crippen molar-refractivity contribution in [1.29, 1.82) is 0 Å². The minimum atomic E-state index is -4.44. The Labute approximate surface area is 167 Å². The fourth-order valence-electron chi connectivity index (χ4n) is 2.68. The number of hydrogen-bond acceptors (Lipinski definition) is 3. The summed E-state index contributed by atoms with van der Waals surface area (Å²) in [7, 11) is 0. The van der Waals surface area contributed by atoms with Gasteiger partial charge in [-0.05, 0) is 49.2 Å². The van der Waals surface area contributed by atoms with Crippen LogP contribution in [0.1, 0.15) is 16.7 Å². The second-order valence-corrected chi connectivity index (χ2v) is 7.32. The zero-order valence-corrected chi connectivity index (χ0v) is 16.7. The summed E-state index contributed by atoms with van der Waals surface area (Å²) in [5, 5.41) is 3.32. The molecule has 0 atom stereocenters. The van der Waals surface area contributed by atoms with Gasteiger partial charge in [0.05, 0.1) is 5.56 Å². The van der Waals surface area contributed by atoms with E-state index in [-0.39, 0.29) is 16.5 Å². The fourth-order valence-corrected chi connectivity index (χ4v) is 3.55. The van der Waals surface area contributed by atoms with Crippen molar-refractivity contribution in [2.24, 2.45) is 0 Å². The van der Waals surface area contributed by atoms with Gasteiger partial charge in [0.25, 0.3) is 0 Å². The quantitative estimate of drug-likeness (QED) is 0.434. The van der Waals surface area contributed by atoms with Crippen LogP contribution in [-0.2, 0) is 6.18 Å². The average molecular weight is 457 g/mol. The second-order valence-electron chi connectivity index (χ2n) is 6.02. The van der Waals surface area contributed by atoms with E-state index in [9.17, 15) is 13.2 Å². The van der Waals surface area contributed by atoms with E-state index in [1.807, 2.05) is 26.0 Å². The molecule has 0 unspecified atom stereocenters. The van der Waals surface area contributed by atoms with Crippen LogP contribution >= 0.6 is 27.5 Å². The molecule has 2 aromatic carbocycles. The molecular weight excluding hydrogens is 443 g/mol. The zero-order valence-electron chi connectivity index (χ0n) is 14.3. The highest BCUT2D eigenvalue weighted by molar-refractivity contribution is 9.10. The minimum absolute atomic E-state index is 0.114. The number of nitrogens with one attached hydrogen (secondary N) is 1. The molecule has 0 fully saturated rings. The molecule has 0 bridgehead atoms. The number of benzene rings is 2. The molecule has 140 valence electrons. The van der Waals surface area contributed by atoms with Crippen LogP contribution in [0.2, 0.25) is 5.15 Å². The first kappa shape index (κ1) is 19.6. The van der Waals surface area contributed by atoms with Crippen molar-refractivity contribution in [3.05, 3.63) is 68.8 Å². The fraction of sp³-hybridized carbons (Fsp3) is 0.158. The molecule has 0 amide bonds. The summed E-state index contributed by atoms with van der Waals surface area (Å²) < 4.78 is 39.9. The van der Waals surface area contributed by atoms with Gasteiger partial charge in [-0.2, -0.15) is 13.2 Å². The Bertz CT molecular complexity index is 983. The van der Waals surface area contributed by atoms with E-state index in [4.69, 9.17) is 11.6 Å². The van der Waals surface area contributed by atoms with Gasteiger partial charge in [-0.25, -0.2) is 9.97 Å². The molecule has 3 rings (SSSR count). The van der Waals surface area contributed by atoms with Crippen LogP contribution in [0.3, 0.4) is 0 Å². The van der Waals surface area contributed by atoms with Crippen molar-refractivity contribution >= 4 is 39.0 Å². The normalized spacial score (nSPS) is 11.5. The van der Waals surface area contributed by atoms with Crippen LogP contribution in [0, 0.1) is 13.8 Å². The number of nitrogens with zero attached hydrogens (tertiary/aromatic N) is 2. The Balaban J connectivity index is 2.01. The van der Waals surface area contributed by atoms with Crippen molar-refractivity contribution in [1.82, 2.24) is 9.97 Å². The lowest BCUT2D eigenvalue weighted by molar-refractivity contribution is -0.137. The molecule has 0 aliphatic carbocycles. The predicted octanol–water partition coefficient (Wildman–Crippen LogP) is 6.94. The molecule has 0 aliphatic rings. The predicted molar refractivity (Wildman–Crippen MR) is 104 cm³/mol. The third-order valence-corrected chi connectivity index (χ3v) is 4.54. The number of halogens is 5. The van der Waals surface area contributed by atoms with E-state index in [1.54, 1.807) is 0 Å². The highest BCUT2D eigenvalue weighted by Crippen LogP contribution is 2.33. The van der Waals surface area contributed by atoms with Crippen molar-refractivity contribution in [2.45, 2.75) is 20.0 Å². The maximum absolute atomic E-state index is 13.0. The van der Waals surface area contributed by atoms with E-state index in [2.05, 4.69) is 31.2 Å². The van der Waals surface area contributed by atoms with E-state index in [0.717, 1.165) is 33.4 Å². The topological polar surface area (TPSA) is 37.8 Å². The first-order valence-electron chi connectivity index (χ1n) is 7.89. The Morgan fingerprint density at radius 2 is 1.67 bits per heavy atom. The van der Waals surface area contributed by atoms with Crippen molar-refractivity contribution in [2.75, 3.05) is 5.32 Å². The summed E-state index contributed by atoms with van der Waals surface area (Å²) in [6.07, 6.45) is -4.44. The molecule has 1 heterocycles. The first-order chi connectivity index (χ1) is 12.6. The van der Waals surface area contributed by atoms with Gasteiger partial charge in [0.15, 0.2) is 5.82 Å². The van der Waals surface area contributed by atoms with Gasteiger partial charge in [-0.3, -0.25) is 0 Å². The molecule has 8 heteroatoms. The van der Waals surface area contributed by atoms with Crippen LogP contribution in [-0.4, -0.2) is 9.97 Å². The number of anilines is 2. The molecule has 27 heavy (non-hydrogen) atoms. The van der Waals surface area contributed by atoms with E-state index < -0.39 is 11.7 Å². The van der Waals surface area contributed by atoms with Crippen LogP contribution in [0.4, 0.5) is 24.7 Å². The van der Waals surface area contributed by atoms with Crippen molar-refractivity contribution < 1.29 is 13.2 Å². The van der Waals surface area contributed by atoms with Gasteiger partial charge in [0.1, 0.15) is 11.0 Å². The van der Waals surface area contributed by atoms with E-state index in [0.29, 0.717) is 5.82 Å². The van der Waals surface area contributed by atoms with Gasteiger partial charge in [-0.1, -0.05) is 39.7 Å². The van der Waals surface area contributed by atoms with Gasteiger partial charge in [0.2, 0.25) is 0 Å². The van der Waals surface area contributed by atoms with Gasteiger partial charge in [0, 0.05) is 21.8 Å².